The van der Waals surface area contributed by atoms with Gasteiger partial charge in [-0.05, 0) is 32.9 Å². The van der Waals surface area contributed by atoms with Crippen LogP contribution < -0.4 is 15.8 Å². The summed E-state index contributed by atoms with van der Waals surface area (Å²) in [5.74, 6) is 0.415. The Bertz CT molecular complexity index is 425. The van der Waals surface area contributed by atoms with Crippen molar-refractivity contribution >= 4 is 17.3 Å². The maximum absolute atomic E-state index is 11.6. The van der Waals surface area contributed by atoms with E-state index in [0.29, 0.717) is 17.1 Å². The minimum atomic E-state index is -0.344. The van der Waals surface area contributed by atoms with Crippen molar-refractivity contribution in [2.45, 2.75) is 26.4 Å². The van der Waals surface area contributed by atoms with Gasteiger partial charge in [0.25, 0.3) is 0 Å². The number of benzene rings is 1. The summed E-state index contributed by atoms with van der Waals surface area (Å²) < 4.78 is 10.4. The van der Waals surface area contributed by atoms with Crippen molar-refractivity contribution in [3.05, 3.63) is 18.2 Å². The fourth-order valence-corrected chi connectivity index (χ4v) is 1.25. The molecule has 1 aromatic rings. The van der Waals surface area contributed by atoms with Crippen LogP contribution in [-0.4, -0.2) is 25.2 Å². The van der Waals surface area contributed by atoms with Gasteiger partial charge in [0, 0.05) is 6.07 Å². The van der Waals surface area contributed by atoms with Crippen molar-refractivity contribution in [3.8, 4) is 5.75 Å². The van der Waals surface area contributed by atoms with E-state index in [9.17, 15) is 4.79 Å². The van der Waals surface area contributed by atoms with E-state index >= 15 is 0 Å². The molecular weight excluding hydrogens is 232 g/mol. The first kappa shape index (κ1) is 14.3. The lowest BCUT2D eigenvalue weighted by Gasteiger charge is -2.19. The quantitative estimate of drug-likeness (QED) is 0.804. The molecule has 0 heterocycles. The van der Waals surface area contributed by atoms with Gasteiger partial charge in [-0.1, -0.05) is 0 Å². The number of nitrogens with two attached hydrogens (primary N) is 1. The summed E-state index contributed by atoms with van der Waals surface area (Å²) in [5, 5.41) is 2.69. The normalized spacial score (nSPS) is 11.1. The van der Waals surface area contributed by atoms with Crippen LogP contribution in [0.4, 0.5) is 11.4 Å². The van der Waals surface area contributed by atoms with E-state index in [2.05, 4.69) is 5.32 Å². The summed E-state index contributed by atoms with van der Waals surface area (Å²) in [7, 11) is 1.56. The van der Waals surface area contributed by atoms with E-state index < -0.39 is 0 Å². The molecule has 0 fully saturated rings. The zero-order valence-electron chi connectivity index (χ0n) is 11.2. The van der Waals surface area contributed by atoms with E-state index in [1.165, 1.54) is 0 Å². The Hall–Kier alpha value is -1.75. The number of carbonyl (C=O) groups is 1. The highest BCUT2D eigenvalue weighted by molar-refractivity contribution is 5.94. The van der Waals surface area contributed by atoms with Crippen LogP contribution in [-0.2, 0) is 9.53 Å². The molecule has 0 aliphatic carbocycles. The van der Waals surface area contributed by atoms with Gasteiger partial charge in [0.2, 0.25) is 5.91 Å². The van der Waals surface area contributed by atoms with E-state index in [1.807, 2.05) is 20.8 Å². The van der Waals surface area contributed by atoms with E-state index in [1.54, 1.807) is 25.3 Å². The maximum atomic E-state index is 11.6. The fraction of sp³-hybridized carbons (Fsp3) is 0.462. The van der Waals surface area contributed by atoms with Crippen molar-refractivity contribution in [1.29, 1.82) is 0 Å². The summed E-state index contributed by atoms with van der Waals surface area (Å²) >= 11 is 0. The zero-order chi connectivity index (χ0) is 13.8. The SMILES string of the molecule is COc1ccc(NC(=O)COC(C)(C)C)c(N)c1. The number of methoxy groups -OCH3 is 1. The molecule has 0 bridgehead atoms. The van der Waals surface area contributed by atoms with Crippen molar-refractivity contribution in [2.75, 3.05) is 24.8 Å². The lowest BCUT2D eigenvalue weighted by Crippen LogP contribution is -2.27. The Balaban J connectivity index is 2.59. The first-order chi connectivity index (χ1) is 8.31. The van der Waals surface area contributed by atoms with Crippen LogP contribution in [0.5, 0.6) is 5.75 Å². The molecule has 1 aromatic carbocycles. The minimum Gasteiger partial charge on any atom is -0.497 e. The highest BCUT2D eigenvalue weighted by Gasteiger charge is 2.13. The predicted octanol–water partition coefficient (Wildman–Crippen LogP) is 2.03. The van der Waals surface area contributed by atoms with Gasteiger partial charge in [-0.25, -0.2) is 0 Å². The first-order valence-corrected chi connectivity index (χ1v) is 5.69. The number of rotatable bonds is 4. The van der Waals surface area contributed by atoms with E-state index in [0.717, 1.165) is 0 Å². The Morgan fingerprint density at radius 1 is 1.39 bits per heavy atom. The van der Waals surface area contributed by atoms with Gasteiger partial charge in [-0.15, -0.1) is 0 Å². The number of hydrogen-bond acceptors (Lipinski definition) is 4. The van der Waals surface area contributed by atoms with Gasteiger partial charge < -0.3 is 20.5 Å². The fourth-order valence-electron chi connectivity index (χ4n) is 1.25. The van der Waals surface area contributed by atoms with Gasteiger partial charge in [-0.2, -0.15) is 0 Å². The van der Waals surface area contributed by atoms with Gasteiger partial charge in [0.15, 0.2) is 0 Å². The molecule has 0 saturated carbocycles. The number of carbonyl (C=O) groups excluding carboxylic acids is 1. The molecule has 0 aromatic heterocycles. The summed E-state index contributed by atoms with van der Waals surface area (Å²) in [6.07, 6.45) is 0. The molecule has 0 saturated heterocycles. The van der Waals surface area contributed by atoms with Crippen molar-refractivity contribution in [2.24, 2.45) is 0 Å². The number of anilines is 2. The third kappa shape index (κ3) is 4.63. The Kier molecular flexibility index (Phi) is 4.55. The molecule has 5 nitrogen and oxygen atoms in total. The van der Waals surface area contributed by atoms with Crippen LogP contribution in [0.2, 0.25) is 0 Å². The standard InChI is InChI=1S/C13H20N2O3/c1-13(2,3)18-8-12(16)15-11-6-5-9(17-4)7-10(11)14/h5-7H,8,14H2,1-4H3,(H,15,16). The monoisotopic (exact) mass is 252 g/mol. The van der Waals surface area contributed by atoms with Crippen molar-refractivity contribution < 1.29 is 14.3 Å². The van der Waals surface area contributed by atoms with Crippen molar-refractivity contribution in [3.63, 3.8) is 0 Å². The van der Waals surface area contributed by atoms with Crippen LogP contribution in [0, 0.1) is 0 Å². The molecule has 5 heteroatoms. The third-order valence-corrected chi connectivity index (χ3v) is 2.17. The molecular formula is C13H20N2O3. The highest BCUT2D eigenvalue weighted by atomic mass is 16.5. The molecule has 100 valence electrons. The van der Waals surface area contributed by atoms with Gasteiger partial charge in [0.05, 0.1) is 24.1 Å². The van der Waals surface area contributed by atoms with Crippen LogP contribution in [0.1, 0.15) is 20.8 Å². The number of ether oxygens (including phenoxy) is 2. The summed E-state index contributed by atoms with van der Waals surface area (Å²) in [5.41, 5.74) is 6.46. The first-order valence-electron chi connectivity index (χ1n) is 5.69. The lowest BCUT2D eigenvalue weighted by atomic mass is 10.2. The summed E-state index contributed by atoms with van der Waals surface area (Å²) in [4.78, 5) is 11.6. The average Bonchev–Trinajstić information content (AvgIpc) is 2.28. The Labute approximate surface area is 107 Å². The van der Waals surface area contributed by atoms with E-state index in [-0.39, 0.29) is 18.1 Å². The molecule has 0 aliphatic rings. The molecule has 0 radical (unpaired) electrons. The van der Waals surface area contributed by atoms with E-state index in [4.69, 9.17) is 15.2 Å². The molecule has 0 aliphatic heterocycles. The number of nitrogen functional groups attached to an aromatic ring is 1. The van der Waals surface area contributed by atoms with Crippen LogP contribution in [0.3, 0.4) is 0 Å². The van der Waals surface area contributed by atoms with Gasteiger partial charge in [0.1, 0.15) is 12.4 Å². The van der Waals surface area contributed by atoms with Crippen LogP contribution in [0.25, 0.3) is 0 Å². The second-order valence-electron chi connectivity index (χ2n) is 4.90. The largest absolute Gasteiger partial charge is 0.497 e. The minimum absolute atomic E-state index is 0.00499. The second-order valence-corrected chi connectivity index (χ2v) is 4.90. The predicted molar refractivity (Wildman–Crippen MR) is 71.7 cm³/mol. The molecule has 1 rings (SSSR count). The topological polar surface area (TPSA) is 73.6 Å². The highest BCUT2D eigenvalue weighted by Crippen LogP contribution is 2.23. The Morgan fingerprint density at radius 2 is 2.06 bits per heavy atom. The lowest BCUT2D eigenvalue weighted by molar-refractivity contribution is -0.125. The third-order valence-electron chi connectivity index (χ3n) is 2.17. The molecule has 0 atom stereocenters. The molecule has 3 N–H and O–H groups in total. The summed E-state index contributed by atoms with van der Waals surface area (Å²) in [6.45, 7) is 5.67. The van der Waals surface area contributed by atoms with Crippen LogP contribution >= 0.6 is 0 Å². The number of hydrogen-bond donors (Lipinski definition) is 2. The zero-order valence-corrected chi connectivity index (χ0v) is 11.2. The molecule has 0 spiro atoms. The van der Waals surface area contributed by atoms with Gasteiger partial charge >= 0.3 is 0 Å². The average molecular weight is 252 g/mol. The molecule has 0 unspecified atom stereocenters. The van der Waals surface area contributed by atoms with Crippen LogP contribution in [0.15, 0.2) is 18.2 Å². The number of amides is 1. The smallest absolute Gasteiger partial charge is 0.250 e. The maximum Gasteiger partial charge on any atom is 0.250 e. The Morgan fingerprint density at radius 3 is 2.56 bits per heavy atom. The van der Waals surface area contributed by atoms with Gasteiger partial charge in [-0.3, -0.25) is 4.79 Å². The molecule has 18 heavy (non-hydrogen) atoms. The number of nitrogens with one attached hydrogen (secondary N) is 1. The molecule has 1 amide bonds. The second kappa shape index (κ2) is 5.73. The van der Waals surface area contributed by atoms with Crippen molar-refractivity contribution in [1.82, 2.24) is 0 Å². The summed E-state index contributed by atoms with van der Waals surface area (Å²) in [6, 6.07) is 5.08.